The van der Waals surface area contributed by atoms with Crippen LogP contribution in [0.15, 0.2) is 24.3 Å². The van der Waals surface area contributed by atoms with Crippen molar-refractivity contribution in [3.63, 3.8) is 0 Å². The number of nitrogens with zero attached hydrogens (tertiary/aromatic N) is 2. The summed E-state index contributed by atoms with van der Waals surface area (Å²) in [5.41, 5.74) is 1.05. The molecule has 2 aliphatic rings. The van der Waals surface area contributed by atoms with Crippen LogP contribution in [0.3, 0.4) is 0 Å². The molecular weight excluding hydrogens is 328 g/mol. The van der Waals surface area contributed by atoms with Crippen molar-refractivity contribution in [3.8, 4) is 11.5 Å². The van der Waals surface area contributed by atoms with Crippen LogP contribution in [0.25, 0.3) is 6.08 Å². The predicted molar refractivity (Wildman–Crippen MR) is 104 cm³/mol. The second-order valence-corrected chi connectivity index (χ2v) is 7.08. The van der Waals surface area contributed by atoms with Crippen molar-refractivity contribution in [3.05, 3.63) is 29.8 Å². The molecule has 1 unspecified atom stereocenters. The lowest BCUT2D eigenvalue weighted by atomic mass is 10.0. The van der Waals surface area contributed by atoms with Crippen LogP contribution in [0.5, 0.6) is 11.5 Å². The Balaban J connectivity index is 1.56. The molecule has 0 aliphatic carbocycles. The molecule has 0 radical (unpaired) electrons. The average Bonchev–Trinajstić information content (AvgIpc) is 3.22. The molecule has 5 heteroatoms. The molecule has 0 aromatic heterocycles. The third-order valence-electron chi connectivity index (χ3n) is 5.30. The van der Waals surface area contributed by atoms with Crippen LogP contribution in [0, 0.1) is 0 Å². The van der Waals surface area contributed by atoms with E-state index in [9.17, 15) is 4.79 Å². The third-order valence-corrected chi connectivity index (χ3v) is 5.30. The first-order chi connectivity index (χ1) is 12.7. The van der Waals surface area contributed by atoms with Gasteiger partial charge in [-0.3, -0.25) is 9.69 Å². The van der Waals surface area contributed by atoms with Crippen LogP contribution in [-0.2, 0) is 4.79 Å². The normalized spacial score (nSPS) is 21.3. The van der Waals surface area contributed by atoms with E-state index in [1.54, 1.807) is 7.11 Å². The Morgan fingerprint density at radius 2 is 2.00 bits per heavy atom. The van der Waals surface area contributed by atoms with Crippen LogP contribution < -0.4 is 9.47 Å². The van der Waals surface area contributed by atoms with Crippen LogP contribution in [0.2, 0.25) is 0 Å². The molecule has 1 atom stereocenters. The van der Waals surface area contributed by atoms with Crippen molar-refractivity contribution in [2.45, 2.75) is 38.6 Å². The molecule has 1 aromatic rings. The number of amides is 1. The zero-order valence-electron chi connectivity index (χ0n) is 15.9. The van der Waals surface area contributed by atoms with Crippen molar-refractivity contribution in [2.24, 2.45) is 0 Å². The molecule has 2 fully saturated rings. The summed E-state index contributed by atoms with van der Waals surface area (Å²) in [5, 5.41) is 0. The van der Waals surface area contributed by atoms with Gasteiger partial charge in [-0.25, -0.2) is 0 Å². The molecule has 2 saturated heterocycles. The highest BCUT2D eigenvalue weighted by atomic mass is 16.5. The predicted octanol–water partition coefficient (Wildman–Crippen LogP) is 3.19. The van der Waals surface area contributed by atoms with Crippen molar-refractivity contribution < 1.29 is 14.3 Å². The van der Waals surface area contributed by atoms with Gasteiger partial charge in [0.15, 0.2) is 18.1 Å². The van der Waals surface area contributed by atoms with E-state index in [0.717, 1.165) is 25.1 Å². The maximum atomic E-state index is 12.6. The summed E-state index contributed by atoms with van der Waals surface area (Å²) in [7, 11) is 1.62. The van der Waals surface area contributed by atoms with Crippen LogP contribution in [-0.4, -0.2) is 61.6 Å². The standard InChI is InChI=1S/C21H30N2O3/c1-3-7-17-9-10-19(20(14-17)25-2)26-16-21(24)23-13-6-8-18(15-23)22-11-4-5-12-22/h3,7,9-10,14,18H,4-6,8,11-13,15-16H2,1-2H3/b7-3+. The summed E-state index contributed by atoms with van der Waals surface area (Å²) in [6.07, 6.45) is 8.84. The van der Waals surface area contributed by atoms with Gasteiger partial charge in [0.05, 0.1) is 7.11 Å². The van der Waals surface area contributed by atoms with Gasteiger partial charge in [-0.2, -0.15) is 0 Å². The lowest BCUT2D eigenvalue weighted by Crippen LogP contribution is -2.50. The molecule has 1 amide bonds. The number of carbonyl (C=O) groups is 1. The highest BCUT2D eigenvalue weighted by Gasteiger charge is 2.29. The van der Waals surface area contributed by atoms with Crippen molar-refractivity contribution >= 4 is 12.0 Å². The minimum atomic E-state index is 0.0616. The Labute approximate surface area is 156 Å². The largest absolute Gasteiger partial charge is 0.493 e. The number of likely N-dealkylation sites (tertiary alicyclic amines) is 2. The number of benzene rings is 1. The number of hydrogen-bond acceptors (Lipinski definition) is 4. The van der Waals surface area contributed by atoms with Gasteiger partial charge in [-0.05, 0) is 63.4 Å². The van der Waals surface area contributed by atoms with E-state index in [2.05, 4.69) is 4.90 Å². The first-order valence-electron chi connectivity index (χ1n) is 9.66. The SMILES string of the molecule is C/C=C/c1ccc(OCC(=O)N2CCCC(N3CCCC3)C2)c(OC)c1. The Bertz CT molecular complexity index is 638. The van der Waals surface area contributed by atoms with Gasteiger partial charge in [-0.1, -0.05) is 18.2 Å². The maximum Gasteiger partial charge on any atom is 0.260 e. The number of hydrogen-bond donors (Lipinski definition) is 0. The number of ether oxygens (including phenoxy) is 2. The van der Waals surface area contributed by atoms with E-state index >= 15 is 0 Å². The molecule has 26 heavy (non-hydrogen) atoms. The van der Waals surface area contributed by atoms with E-state index in [1.165, 1.54) is 32.4 Å². The van der Waals surface area contributed by atoms with Gasteiger partial charge >= 0.3 is 0 Å². The number of rotatable bonds is 6. The Morgan fingerprint density at radius 1 is 1.19 bits per heavy atom. The number of methoxy groups -OCH3 is 1. The van der Waals surface area contributed by atoms with Gasteiger partial charge in [0.2, 0.25) is 0 Å². The number of carbonyl (C=O) groups excluding carboxylic acids is 1. The fraction of sp³-hybridized carbons (Fsp3) is 0.571. The molecule has 0 saturated carbocycles. The van der Waals surface area contributed by atoms with Crippen LogP contribution in [0.1, 0.15) is 38.2 Å². The summed E-state index contributed by atoms with van der Waals surface area (Å²) in [6, 6.07) is 6.27. The second kappa shape index (κ2) is 9.08. The van der Waals surface area contributed by atoms with Gasteiger partial charge in [-0.15, -0.1) is 0 Å². The topological polar surface area (TPSA) is 42.0 Å². The first-order valence-corrected chi connectivity index (χ1v) is 9.66. The zero-order chi connectivity index (χ0) is 18.4. The number of allylic oxidation sites excluding steroid dienone is 1. The lowest BCUT2D eigenvalue weighted by Gasteiger charge is -2.37. The van der Waals surface area contributed by atoms with E-state index in [4.69, 9.17) is 9.47 Å². The van der Waals surface area contributed by atoms with Gasteiger partial charge < -0.3 is 14.4 Å². The molecule has 3 rings (SSSR count). The fourth-order valence-electron chi connectivity index (χ4n) is 3.92. The summed E-state index contributed by atoms with van der Waals surface area (Å²) in [6.45, 7) is 6.07. The average molecular weight is 358 g/mol. The van der Waals surface area contributed by atoms with E-state index in [1.807, 2.05) is 42.2 Å². The van der Waals surface area contributed by atoms with Crippen molar-refractivity contribution in [2.75, 3.05) is 39.9 Å². The number of piperidine rings is 1. The highest BCUT2D eigenvalue weighted by molar-refractivity contribution is 5.78. The van der Waals surface area contributed by atoms with Gasteiger partial charge in [0.1, 0.15) is 0 Å². The summed E-state index contributed by atoms with van der Waals surface area (Å²) < 4.78 is 11.2. The van der Waals surface area contributed by atoms with E-state index in [-0.39, 0.29) is 12.5 Å². The Morgan fingerprint density at radius 3 is 2.73 bits per heavy atom. The second-order valence-electron chi connectivity index (χ2n) is 7.08. The maximum absolute atomic E-state index is 12.6. The van der Waals surface area contributed by atoms with Crippen molar-refractivity contribution in [1.29, 1.82) is 0 Å². The molecule has 1 aromatic carbocycles. The van der Waals surface area contributed by atoms with E-state index in [0.29, 0.717) is 17.5 Å². The molecule has 0 N–H and O–H groups in total. The zero-order valence-corrected chi connectivity index (χ0v) is 15.9. The molecule has 2 aliphatic heterocycles. The molecule has 142 valence electrons. The minimum absolute atomic E-state index is 0.0616. The highest BCUT2D eigenvalue weighted by Crippen LogP contribution is 2.29. The molecule has 2 heterocycles. The summed E-state index contributed by atoms with van der Waals surface area (Å²) >= 11 is 0. The Kier molecular flexibility index (Phi) is 6.56. The van der Waals surface area contributed by atoms with Crippen molar-refractivity contribution in [1.82, 2.24) is 9.80 Å². The fourth-order valence-corrected chi connectivity index (χ4v) is 3.92. The smallest absolute Gasteiger partial charge is 0.260 e. The molecule has 5 nitrogen and oxygen atoms in total. The van der Waals surface area contributed by atoms with Crippen LogP contribution >= 0.6 is 0 Å². The minimum Gasteiger partial charge on any atom is -0.493 e. The Hall–Kier alpha value is -2.01. The quantitative estimate of drug-likeness (QED) is 0.783. The monoisotopic (exact) mass is 358 g/mol. The lowest BCUT2D eigenvalue weighted by molar-refractivity contribution is -0.135. The molecule has 0 bridgehead atoms. The summed E-state index contributed by atoms with van der Waals surface area (Å²) in [5.74, 6) is 1.33. The van der Waals surface area contributed by atoms with Gasteiger partial charge in [0, 0.05) is 19.1 Å². The summed E-state index contributed by atoms with van der Waals surface area (Å²) in [4.78, 5) is 17.1. The third kappa shape index (κ3) is 4.58. The van der Waals surface area contributed by atoms with E-state index < -0.39 is 0 Å². The first kappa shape index (κ1) is 18.8. The van der Waals surface area contributed by atoms with Gasteiger partial charge in [0.25, 0.3) is 5.91 Å². The van der Waals surface area contributed by atoms with Crippen LogP contribution in [0.4, 0.5) is 0 Å². The molecule has 0 spiro atoms. The molecular formula is C21H30N2O3.